The second-order valence-corrected chi connectivity index (χ2v) is 8.33. The summed E-state index contributed by atoms with van der Waals surface area (Å²) in [5, 5.41) is 0. The maximum absolute atomic E-state index is 5.37. The number of aromatic nitrogens is 2. The van der Waals surface area contributed by atoms with Gasteiger partial charge in [-0.2, -0.15) is 0 Å². The molecule has 5 nitrogen and oxygen atoms in total. The first-order valence-corrected chi connectivity index (χ1v) is 10.4. The van der Waals surface area contributed by atoms with Crippen LogP contribution in [0.3, 0.4) is 0 Å². The third kappa shape index (κ3) is 2.88. The first-order valence-electron chi connectivity index (χ1n) is 10.4. The van der Waals surface area contributed by atoms with Crippen molar-refractivity contribution in [2.45, 2.75) is 50.9 Å². The molecule has 5 heteroatoms. The summed E-state index contributed by atoms with van der Waals surface area (Å²) in [4.78, 5) is 9.93. The minimum Gasteiger partial charge on any atom is -0.497 e. The number of imidazole rings is 1. The number of nitrogens with zero attached hydrogens (tertiary/aromatic N) is 4. The van der Waals surface area contributed by atoms with Crippen LogP contribution in [-0.4, -0.2) is 58.2 Å². The number of hydrogen-bond donors (Lipinski definition) is 0. The van der Waals surface area contributed by atoms with Crippen molar-refractivity contribution in [2.75, 3.05) is 26.7 Å². The van der Waals surface area contributed by atoms with E-state index in [0.717, 1.165) is 31.3 Å². The molecule has 2 aromatic rings. The summed E-state index contributed by atoms with van der Waals surface area (Å²) in [6.45, 7) is 7.91. The zero-order valence-corrected chi connectivity index (χ0v) is 16.4. The first-order chi connectivity index (χ1) is 13.3. The molecule has 4 aliphatic heterocycles. The number of aryl methyl sites for hydroxylation is 1. The van der Waals surface area contributed by atoms with E-state index in [1.54, 1.807) is 7.11 Å². The molecule has 5 heterocycles. The van der Waals surface area contributed by atoms with Gasteiger partial charge in [-0.15, -0.1) is 0 Å². The molecule has 0 spiro atoms. The van der Waals surface area contributed by atoms with Crippen LogP contribution in [0, 0.1) is 5.92 Å². The van der Waals surface area contributed by atoms with Crippen LogP contribution in [0.4, 0.5) is 0 Å². The summed E-state index contributed by atoms with van der Waals surface area (Å²) < 4.78 is 7.66. The van der Waals surface area contributed by atoms with Crippen LogP contribution in [0.5, 0.6) is 5.75 Å². The molecule has 2 bridgehead atoms. The standard InChI is InChI=1S/C22H30N4O/c1-3-24-15-23-12-18(24)13-26-14-20(16-4-6-19(27-2)7-5-16)22-21(26)17-8-10-25(22)11-9-17/h4-7,12,15,17,20-22H,3,8-11,13-14H2,1-2H3/t20-,21+,22+/m1/s1. The maximum atomic E-state index is 5.37. The number of hydrogen-bond acceptors (Lipinski definition) is 4. The number of fused-ring (bicyclic) bond motifs is 2. The number of ether oxygens (including phenoxy) is 1. The molecule has 4 saturated heterocycles. The van der Waals surface area contributed by atoms with Gasteiger partial charge in [-0.05, 0) is 56.5 Å². The summed E-state index contributed by atoms with van der Waals surface area (Å²) >= 11 is 0. The minimum atomic E-state index is 0.585. The molecule has 144 valence electrons. The van der Waals surface area contributed by atoms with Crippen molar-refractivity contribution in [3.05, 3.63) is 48.0 Å². The van der Waals surface area contributed by atoms with Gasteiger partial charge in [0.2, 0.25) is 0 Å². The lowest BCUT2D eigenvalue weighted by Gasteiger charge is -2.51. The molecule has 4 fully saturated rings. The molecule has 4 aliphatic rings. The average Bonchev–Trinajstić information content (AvgIpc) is 3.35. The number of rotatable bonds is 5. The quantitative estimate of drug-likeness (QED) is 0.815. The molecular weight excluding hydrogens is 336 g/mol. The van der Waals surface area contributed by atoms with Crippen LogP contribution in [-0.2, 0) is 13.1 Å². The topological polar surface area (TPSA) is 33.5 Å². The van der Waals surface area contributed by atoms with Gasteiger partial charge in [-0.25, -0.2) is 4.98 Å². The predicted octanol–water partition coefficient (Wildman–Crippen LogP) is 2.97. The van der Waals surface area contributed by atoms with E-state index in [4.69, 9.17) is 4.74 Å². The molecule has 0 aliphatic carbocycles. The highest BCUT2D eigenvalue weighted by Gasteiger charge is 2.53. The summed E-state index contributed by atoms with van der Waals surface area (Å²) in [5.41, 5.74) is 2.81. The Labute approximate surface area is 161 Å². The van der Waals surface area contributed by atoms with Gasteiger partial charge in [0.05, 0.1) is 19.1 Å². The number of methoxy groups -OCH3 is 1. The Morgan fingerprint density at radius 1 is 1.11 bits per heavy atom. The van der Waals surface area contributed by atoms with Gasteiger partial charge >= 0.3 is 0 Å². The van der Waals surface area contributed by atoms with Crippen LogP contribution in [0.15, 0.2) is 36.8 Å². The Hall–Kier alpha value is -1.85. The highest BCUT2D eigenvalue weighted by atomic mass is 16.5. The van der Waals surface area contributed by atoms with Gasteiger partial charge in [0.25, 0.3) is 0 Å². The monoisotopic (exact) mass is 366 g/mol. The third-order valence-corrected chi connectivity index (χ3v) is 7.14. The lowest BCUT2D eigenvalue weighted by atomic mass is 9.75. The van der Waals surface area contributed by atoms with Crippen molar-refractivity contribution in [2.24, 2.45) is 5.92 Å². The van der Waals surface area contributed by atoms with Crippen LogP contribution >= 0.6 is 0 Å². The second kappa shape index (κ2) is 6.95. The molecular formula is C22H30N4O. The summed E-state index contributed by atoms with van der Waals surface area (Å²) in [6, 6.07) is 10.1. The Balaban J connectivity index is 1.46. The Kier molecular flexibility index (Phi) is 4.44. The van der Waals surface area contributed by atoms with E-state index in [1.807, 2.05) is 6.33 Å². The summed E-state index contributed by atoms with van der Waals surface area (Å²) in [6.07, 6.45) is 6.75. The second-order valence-electron chi connectivity index (χ2n) is 8.33. The zero-order chi connectivity index (χ0) is 18.4. The lowest BCUT2D eigenvalue weighted by Crippen LogP contribution is -2.60. The summed E-state index contributed by atoms with van der Waals surface area (Å²) in [7, 11) is 1.74. The lowest BCUT2D eigenvalue weighted by molar-refractivity contribution is -0.00920. The van der Waals surface area contributed by atoms with Crippen molar-refractivity contribution >= 4 is 0 Å². The number of benzene rings is 1. The van der Waals surface area contributed by atoms with E-state index >= 15 is 0 Å². The molecule has 0 amide bonds. The largest absolute Gasteiger partial charge is 0.497 e. The van der Waals surface area contributed by atoms with Gasteiger partial charge < -0.3 is 9.30 Å². The third-order valence-electron chi connectivity index (χ3n) is 7.14. The van der Waals surface area contributed by atoms with Crippen molar-refractivity contribution in [3.63, 3.8) is 0 Å². The van der Waals surface area contributed by atoms with E-state index in [0.29, 0.717) is 18.0 Å². The van der Waals surface area contributed by atoms with E-state index in [-0.39, 0.29) is 0 Å². The van der Waals surface area contributed by atoms with Gasteiger partial charge in [0.1, 0.15) is 5.75 Å². The number of likely N-dealkylation sites (tertiary alicyclic amines) is 1. The molecule has 3 atom stereocenters. The summed E-state index contributed by atoms with van der Waals surface area (Å²) in [5.74, 6) is 2.38. The molecule has 27 heavy (non-hydrogen) atoms. The van der Waals surface area contributed by atoms with Crippen molar-refractivity contribution in [1.82, 2.24) is 19.4 Å². The molecule has 0 unspecified atom stereocenters. The molecule has 1 aromatic carbocycles. The molecule has 1 aromatic heterocycles. The van der Waals surface area contributed by atoms with E-state index in [1.165, 1.54) is 37.2 Å². The maximum Gasteiger partial charge on any atom is 0.118 e. The molecule has 0 radical (unpaired) electrons. The normalized spacial score (nSPS) is 32.6. The molecule has 0 saturated carbocycles. The Morgan fingerprint density at radius 2 is 1.89 bits per heavy atom. The van der Waals surface area contributed by atoms with Crippen LogP contribution in [0.2, 0.25) is 0 Å². The van der Waals surface area contributed by atoms with Gasteiger partial charge in [0.15, 0.2) is 0 Å². The Morgan fingerprint density at radius 3 is 2.59 bits per heavy atom. The first kappa shape index (κ1) is 17.3. The fourth-order valence-electron chi connectivity index (χ4n) is 5.84. The van der Waals surface area contributed by atoms with E-state index < -0.39 is 0 Å². The molecule has 6 rings (SSSR count). The highest BCUT2D eigenvalue weighted by Crippen LogP contribution is 2.47. The van der Waals surface area contributed by atoms with E-state index in [9.17, 15) is 0 Å². The van der Waals surface area contributed by atoms with Crippen LogP contribution in [0.25, 0.3) is 0 Å². The highest BCUT2D eigenvalue weighted by molar-refractivity contribution is 5.33. The van der Waals surface area contributed by atoms with Crippen molar-refractivity contribution < 1.29 is 4.74 Å². The SMILES string of the molecule is CCn1cncc1CN1C[C@H](c2ccc(OC)cc2)[C@H]2[C@@H]1C1CCN2CC1. The van der Waals surface area contributed by atoms with Gasteiger partial charge in [-0.3, -0.25) is 9.80 Å². The smallest absolute Gasteiger partial charge is 0.118 e. The van der Waals surface area contributed by atoms with Crippen LogP contribution < -0.4 is 4.74 Å². The number of piperidine rings is 3. The van der Waals surface area contributed by atoms with Crippen molar-refractivity contribution in [3.8, 4) is 5.75 Å². The zero-order valence-electron chi connectivity index (χ0n) is 16.4. The van der Waals surface area contributed by atoms with Gasteiger partial charge in [0, 0.05) is 43.8 Å². The minimum absolute atomic E-state index is 0.585. The fraction of sp³-hybridized carbons (Fsp3) is 0.591. The van der Waals surface area contributed by atoms with Gasteiger partial charge in [-0.1, -0.05) is 12.1 Å². The van der Waals surface area contributed by atoms with E-state index in [2.05, 4.69) is 56.7 Å². The predicted molar refractivity (Wildman–Crippen MR) is 106 cm³/mol. The molecule has 0 N–H and O–H groups in total. The Bertz CT molecular complexity index is 778. The van der Waals surface area contributed by atoms with Crippen molar-refractivity contribution in [1.29, 1.82) is 0 Å². The average molecular weight is 367 g/mol. The fourth-order valence-corrected chi connectivity index (χ4v) is 5.84. The van der Waals surface area contributed by atoms with Crippen LogP contribution in [0.1, 0.15) is 36.9 Å².